The number of anilines is 1. The average Bonchev–Trinajstić information content (AvgIpc) is 3.29. The van der Waals surface area contributed by atoms with Crippen LogP contribution >= 0.6 is 11.8 Å². The number of nitrogens with zero attached hydrogens (tertiary/aromatic N) is 3. The number of carbonyl (C=O) groups excluding carboxylic acids is 1. The maximum absolute atomic E-state index is 13.5. The summed E-state index contributed by atoms with van der Waals surface area (Å²) in [5, 5.41) is 1.16. The molecule has 1 aromatic heterocycles. The molecule has 7 heteroatoms. The quantitative estimate of drug-likeness (QED) is 0.307. The minimum absolute atomic E-state index is 0.129. The highest BCUT2D eigenvalue weighted by molar-refractivity contribution is 7.98. The molecule has 1 aliphatic rings. The molecule has 1 aliphatic heterocycles. The monoisotopic (exact) mass is 457 g/mol. The first-order chi connectivity index (χ1) is 16.2. The van der Waals surface area contributed by atoms with Gasteiger partial charge >= 0.3 is 0 Å². The molecule has 5 rings (SSSR count). The SMILES string of the molecule is COc1ccccc1-n1c(SCc2ccc(N3CCCC3=O)cc2)nc2ccccc2c1=O. The first-order valence-corrected chi connectivity index (χ1v) is 11.8. The number of thioether (sulfide) groups is 1. The van der Waals surface area contributed by atoms with E-state index in [1.54, 1.807) is 17.7 Å². The van der Waals surface area contributed by atoms with Crippen molar-refractivity contribution in [2.45, 2.75) is 23.8 Å². The first-order valence-electron chi connectivity index (χ1n) is 10.8. The van der Waals surface area contributed by atoms with Gasteiger partial charge in [-0.15, -0.1) is 0 Å². The van der Waals surface area contributed by atoms with Gasteiger partial charge in [0.2, 0.25) is 5.91 Å². The lowest BCUT2D eigenvalue weighted by atomic mass is 10.2. The van der Waals surface area contributed by atoms with Crippen molar-refractivity contribution >= 4 is 34.3 Å². The number of aromatic nitrogens is 2. The number of amides is 1. The molecule has 3 aromatic carbocycles. The lowest BCUT2D eigenvalue weighted by Crippen LogP contribution is -2.23. The van der Waals surface area contributed by atoms with Crippen LogP contribution in [0.5, 0.6) is 5.75 Å². The molecule has 1 amide bonds. The molecule has 0 spiro atoms. The second kappa shape index (κ2) is 9.11. The second-order valence-corrected chi connectivity index (χ2v) is 8.77. The topological polar surface area (TPSA) is 64.4 Å². The predicted molar refractivity (Wildman–Crippen MR) is 131 cm³/mol. The minimum atomic E-state index is -0.129. The van der Waals surface area contributed by atoms with Crippen molar-refractivity contribution in [2.75, 3.05) is 18.6 Å². The van der Waals surface area contributed by atoms with Crippen LogP contribution in [0.4, 0.5) is 5.69 Å². The van der Waals surface area contributed by atoms with E-state index in [0.717, 1.165) is 24.2 Å². The van der Waals surface area contributed by atoms with E-state index in [9.17, 15) is 9.59 Å². The van der Waals surface area contributed by atoms with Crippen LogP contribution in [0, 0.1) is 0 Å². The lowest BCUT2D eigenvalue weighted by molar-refractivity contribution is -0.117. The summed E-state index contributed by atoms with van der Waals surface area (Å²) in [5.41, 5.74) is 3.22. The summed E-state index contributed by atoms with van der Waals surface area (Å²) in [4.78, 5) is 32.1. The summed E-state index contributed by atoms with van der Waals surface area (Å²) in [6.45, 7) is 0.777. The number of carbonyl (C=O) groups is 1. The second-order valence-electron chi connectivity index (χ2n) is 7.83. The van der Waals surface area contributed by atoms with Gasteiger partial charge in [0.15, 0.2) is 5.16 Å². The molecule has 0 atom stereocenters. The number of hydrogen-bond acceptors (Lipinski definition) is 5. The van der Waals surface area contributed by atoms with Crippen LogP contribution in [-0.2, 0) is 10.5 Å². The molecule has 0 saturated carbocycles. The maximum Gasteiger partial charge on any atom is 0.266 e. The van der Waals surface area contributed by atoms with Crippen LogP contribution in [0.15, 0.2) is 82.7 Å². The molecule has 0 unspecified atom stereocenters. The predicted octanol–water partition coefficient (Wildman–Crippen LogP) is 4.81. The first kappa shape index (κ1) is 21.3. The fourth-order valence-electron chi connectivity index (χ4n) is 4.08. The Kier molecular flexibility index (Phi) is 5.88. The van der Waals surface area contributed by atoms with Gasteiger partial charge in [0.1, 0.15) is 5.75 Å². The van der Waals surface area contributed by atoms with E-state index in [2.05, 4.69) is 0 Å². The summed E-state index contributed by atoms with van der Waals surface area (Å²) in [6, 6.07) is 22.9. The molecule has 0 bridgehead atoms. The summed E-state index contributed by atoms with van der Waals surface area (Å²) >= 11 is 1.50. The van der Waals surface area contributed by atoms with Gasteiger partial charge in [0.05, 0.1) is 23.7 Å². The van der Waals surface area contributed by atoms with Crippen LogP contribution < -0.4 is 15.2 Å². The van der Waals surface area contributed by atoms with Gasteiger partial charge in [0, 0.05) is 24.4 Å². The highest BCUT2D eigenvalue weighted by Gasteiger charge is 2.21. The number of benzene rings is 3. The molecular weight excluding hydrogens is 434 g/mol. The van der Waals surface area contributed by atoms with Gasteiger partial charge in [0.25, 0.3) is 5.56 Å². The Bertz CT molecular complexity index is 1380. The number of methoxy groups -OCH3 is 1. The highest BCUT2D eigenvalue weighted by Crippen LogP contribution is 2.29. The molecule has 4 aromatic rings. The molecule has 1 saturated heterocycles. The van der Waals surface area contributed by atoms with Crippen LogP contribution in [0.1, 0.15) is 18.4 Å². The van der Waals surface area contributed by atoms with E-state index in [1.165, 1.54) is 11.8 Å². The molecule has 2 heterocycles. The third kappa shape index (κ3) is 4.12. The molecule has 0 aliphatic carbocycles. The lowest BCUT2D eigenvalue weighted by Gasteiger charge is -2.17. The van der Waals surface area contributed by atoms with Crippen LogP contribution in [0.2, 0.25) is 0 Å². The van der Waals surface area contributed by atoms with Gasteiger partial charge in [-0.1, -0.05) is 48.2 Å². The van der Waals surface area contributed by atoms with E-state index in [-0.39, 0.29) is 11.5 Å². The molecule has 166 valence electrons. The zero-order valence-electron chi connectivity index (χ0n) is 18.2. The summed E-state index contributed by atoms with van der Waals surface area (Å²) in [5.74, 6) is 1.42. The highest BCUT2D eigenvalue weighted by atomic mass is 32.2. The summed E-state index contributed by atoms with van der Waals surface area (Å²) < 4.78 is 7.15. The van der Waals surface area contributed by atoms with E-state index >= 15 is 0 Å². The van der Waals surface area contributed by atoms with Gasteiger partial charge in [-0.2, -0.15) is 0 Å². The Morgan fingerprint density at radius 1 is 0.970 bits per heavy atom. The van der Waals surface area contributed by atoms with Crippen LogP contribution in [-0.4, -0.2) is 29.1 Å². The fraction of sp³-hybridized carbons (Fsp3) is 0.192. The molecule has 0 N–H and O–H groups in total. The average molecular weight is 458 g/mol. The molecular formula is C26H23N3O3S. The van der Waals surface area contributed by atoms with Crippen LogP contribution in [0.25, 0.3) is 16.6 Å². The van der Waals surface area contributed by atoms with Crippen molar-refractivity contribution < 1.29 is 9.53 Å². The summed E-state index contributed by atoms with van der Waals surface area (Å²) in [7, 11) is 1.60. The largest absolute Gasteiger partial charge is 0.495 e. The Hall–Kier alpha value is -3.58. The van der Waals surface area contributed by atoms with Gasteiger partial charge in [-0.3, -0.25) is 14.2 Å². The smallest absolute Gasteiger partial charge is 0.266 e. The number of ether oxygens (including phenoxy) is 1. The zero-order chi connectivity index (χ0) is 22.8. The van der Waals surface area contributed by atoms with Gasteiger partial charge in [-0.25, -0.2) is 4.98 Å². The van der Waals surface area contributed by atoms with Crippen LogP contribution in [0.3, 0.4) is 0 Å². The van der Waals surface area contributed by atoms with Crippen molar-refractivity contribution in [1.82, 2.24) is 9.55 Å². The number of para-hydroxylation sites is 3. The molecule has 6 nitrogen and oxygen atoms in total. The molecule has 33 heavy (non-hydrogen) atoms. The number of fused-ring (bicyclic) bond motifs is 1. The zero-order valence-corrected chi connectivity index (χ0v) is 19.0. The third-order valence-electron chi connectivity index (χ3n) is 5.76. The Balaban J connectivity index is 1.50. The van der Waals surface area contributed by atoms with Gasteiger partial charge < -0.3 is 9.64 Å². The number of hydrogen-bond donors (Lipinski definition) is 0. The normalized spacial score (nSPS) is 13.6. The van der Waals surface area contributed by atoms with Crippen molar-refractivity contribution in [2.24, 2.45) is 0 Å². The van der Waals surface area contributed by atoms with Crippen molar-refractivity contribution in [3.05, 3.63) is 88.7 Å². The summed E-state index contributed by atoms with van der Waals surface area (Å²) in [6.07, 6.45) is 1.52. The number of rotatable bonds is 6. The fourth-order valence-corrected chi connectivity index (χ4v) is 5.04. The van der Waals surface area contributed by atoms with Crippen molar-refractivity contribution in [3.8, 4) is 11.4 Å². The third-order valence-corrected chi connectivity index (χ3v) is 6.77. The minimum Gasteiger partial charge on any atom is -0.495 e. The van der Waals surface area contributed by atoms with E-state index < -0.39 is 0 Å². The maximum atomic E-state index is 13.5. The van der Waals surface area contributed by atoms with E-state index in [4.69, 9.17) is 9.72 Å². The van der Waals surface area contributed by atoms with E-state index in [1.807, 2.05) is 71.6 Å². The Labute approximate surface area is 195 Å². The molecule has 0 radical (unpaired) electrons. The van der Waals surface area contributed by atoms with E-state index in [0.29, 0.717) is 39.7 Å². The Morgan fingerprint density at radius 2 is 1.73 bits per heavy atom. The van der Waals surface area contributed by atoms with Crippen molar-refractivity contribution in [3.63, 3.8) is 0 Å². The van der Waals surface area contributed by atoms with Gasteiger partial charge in [-0.05, 0) is 48.4 Å². The molecule has 1 fully saturated rings. The van der Waals surface area contributed by atoms with Crippen molar-refractivity contribution in [1.29, 1.82) is 0 Å². The standard InChI is InChI=1S/C26H23N3O3S/c1-32-23-10-5-4-9-22(23)29-25(31)20-7-2-3-8-21(20)27-26(29)33-17-18-12-14-19(15-13-18)28-16-6-11-24(28)30/h2-5,7-10,12-15H,6,11,16-17H2,1H3. The Morgan fingerprint density at radius 3 is 2.48 bits per heavy atom.